The van der Waals surface area contributed by atoms with Gasteiger partial charge in [0.05, 0.1) is 5.69 Å². The fourth-order valence-electron chi connectivity index (χ4n) is 1.43. The van der Waals surface area contributed by atoms with Crippen molar-refractivity contribution in [2.45, 2.75) is 6.92 Å². The van der Waals surface area contributed by atoms with Gasteiger partial charge in [0.25, 0.3) is 5.91 Å². The van der Waals surface area contributed by atoms with Crippen molar-refractivity contribution in [3.63, 3.8) is 0 Å². The van der Waals surface area contributed by atoms with E-state index in [0.29, 0.717) is 0 Å². The number of hydrogen-bond donors (Lipinski definition) is 3. The molecule has 0 saturated heterocycles. The summed E-state index contributed by atoms with van der Waals surface area (Å²) in [6.07, 6.45) is 0. The van der Waals surface area contributed by atoms with Crippen LogP contribution in [0.4, 0.5) is 21.6 Å². The van der Waals surface area contributed by atoms with Crippen LogP contribution in [0.3, 0.4) is 0 Å². The Morgan fingerprint density at radius 1 is 1.30 bits per heavy atom. The van der Waals surface area contributed by atoms with Crippen molar-refractivity contribution >= 4 is 29.0 Å². The van der Waals surface area contributed by atoms with Gasteiger partial charge in [0.1, 0.15) is 5.82 Å². The molecule has 1 aromatic carbocycles. The number of carbonyl (C=O) groups is 2. The number of amides is 2. The third kappa shape index (κ3) is 2.88. The molecule has 8 nitrogen and oxygen atoms in total. The average molecular weight is 279 g/mol. The molecule has 0 saturated carbocycles. The molecule has 4 N–H and O–H groups in total. The minimum atomic E-state index is -0.663. The molecule has 2 aromatic rings. The highest BCUT2D eigenvalue weighted by Crippen LogP contribution is 2.20. The molecule has 0 aliphatic carbocycles. The molecule has 0 unspecified atom stereocenters. The minimum absolute atomic E-state index is 0.0541. The molecular formula is C11H10FN5O3. The van der Waals surface area contributed by atoms with Gasteiger partial charge in [-0.25, -0.2) is 9.02 Å². The largest absolute Gasteiger partial charge is 0.379 e. The molecule has 0 bridgehead atoms. The van der Waals surface area contributed by atoms with Crippen LogP contribution in [0.15, 0.2) is 22.8 Å². The van der Waals surface area contributed by atoms with Crippen molar-refractivity contribution in [1.29, 1.82) is 0 Å². The highest BCUT2D eigenvalue weighted by Gasteiger charge is 2.16. The summed E-state index contributed by atoms with van der Waals surface area (Å²) in [5.41, 5.74) is 5.38. The van der Waals surface area contributed by atoms with Crippen molar-refractivity contribution in [2.24, 2.45) is 0 Å². The van der Waals surface area contributed by atoms with Crippen LogP contribution in [0.25, 0.3) is 0 Å². The van der Waals surface area contributed by atoms with E-state index >= 15 is 0 Å². The predicted molar refractivity (Wildman–Crippen MR) is 67.4 cm³/mol. The van der Waals surface area contributed by atoms with Crippen molar-refractivity contribution in [2.75, 3.05) is 16.4 Å². The lowest BCUT2D eigenvalue weighted by atomic mass is 10.2. The van der Waals surface area contributed by atoms with Gasteiger partial charge in [0, 0.05) is 12.6 Å². The van der Waals surface area contributed by atoms with Crippen molar-refractivity contribution in [3.05, 3.63) is 29.7 Å². The lowest BCUT2D eigenvalue weighted by Gasteiger charge is -2.07. The molecule has 1 aromatic heterocycles. The molecule has 2 amide bonds. The van der Waals surface area contributed by atoms with Gasteiger partial charge in [-0.05, 0) is 28.5 Å². The lowest BCUT2D eigenvalue weighted by Crippen LogP contribution is -2.15. The number of nitrogens with zero attached hydrogens (tertiary/aromatic N) is 2. The third-order valence-corrected chi connectivity index (χ3v) is 2.26. The number of anilines is 3. The summed E-state index contributed by atoms with van der Waals surface area (Å²) in [5, 5.41) is 11.3. The molecule has 1 heterocycles. The number of halogens is 1. The summed E-state index contributed by atoms with van der Waals surface area (Å²) in [6, 6.07) is 3.69. The normalized spacial score (nSPS) is 10.1. The first-order valence-corrected chi connectivity index (χ1v) is 5.44. The Balaban J connectivity index is 2.20. The number of aromatic nitrogens is 2. The SMILES string of the molecule is CC(=O)Nc1cc(NC(=O)c2nonc2N)ccc1F. The Hall–Kier alpha value is -2.97. The quantitative estimate of drug-likeness (QED) is 0.770. The second kappa shape index (κ2) is 5.34. The molecule has 9 heteroatoms. The Morgan fingerprint density at radius 2 is 2.05 bits per heavy atom. The Bertz CT molecular complexity index is 670. The molecule has 0 atom stereocenters. The zero-order chi connectivity index (χ0) is 14.7. The van der Waals surface area contributed by atoms with Crippen molar-refractivity contribution in [3.8, 4) is 0 Å². The summed E-state index contributed by atoms with van der Waals surface area (Å²) in [7, 11) is 0. The molecule has 0 fully saturated rings. The van der Waals surface area contributed by atoms with Crippen LogP contribution in [0.1, 0.15) is 17.4 Å². The van der Waals surface area contributed by atoms with Crippen molar-refractivity contribution in [1.82, 2.24) is 10.3 Å². The lowest BCUT2D eigenvalue weighted by molar-refractivity contribution is -0.114. The van der Waals surface area contributed by atoms with E-state index in [4.69, 9.17) is 5.73 Å². The van der Waals surface area contributed by atoms with E-state index < -0.39 is 17.6 Å². The first-order chi connectivity index (χ1) is 9.47. The van der Waals surface area contributed by atoms with Crippen LogP contribution < -0.4 is 16.4 Å². The zero-order valence-electron chi connectivity index (χ0n) is 10.3. The van der Waals surface area contributed by atoms with Gasteiger partial charge in [-0.1, -0.05) is 0 Å². The van der Waals surface area contributed by atoms with Crippen LogP contribution >= 0.6 is 0 Å². The number of rotatable bonds is 3. The van der Waals surface area contributed by atoms with Gasteiger partial charge in [-0.15, -0.1) is 0 Å². The van der Waals surface area contributed by atoms with Gasteiger partial charge >= 0.3 is 0 Å². The van der Waals surface area contributed by atoms with Gasteiger partial charge in [0.15, 0.2) is 0 Å². The standard InChI is InChI=1S/C11H10FN5O3/c1-5(18)14-8-4-6(2-3-7(8)12)15-11(19)9-10(13)17-20-16-9/h2-4H,1H3,(H2,13,17)(H,14,18)(H,15,19). The molecular weight excluding hydrogens is 269 g/mol. The second-order valence-electron chi connectivity index (χ2n) is 3.83. The van der Waals surface area contributed by atoms with E-state index in [1.54, 1.807) is 0 Å². The number of benzene rings is 1. The molecule has 104 valence electrons. The second-order valence-corrected chi connectivity index (χ2v) is 3.83. The van der Waals surface area contributed by atoms with E-state index in [1.165, 1.54) is 19.1 Å². The molecule has 20 heavy (non-hydrogen) atoms. The fourth-order valence-corrected chi connectivity index (χ4v) is 1.43. The van der Waals surface area contributed by atoms with Gasteiger partial charge in [-0.2, -0.15) is 0 Å². The predicted octanol–water partition coefficient (Wildman–Crippen LogP) is 1.00. The van der Waals surface area contributed by atoms with Crippen LogP contribution in [-0.2, 0) is 4.79 Å². The Morgan fingerprint density at radius 3 is 2.65 bits per heavy atom. The maximum atomic E-state index is 13.4. The van der Waals surface area contributed by atoms with Crippen LogP contribution in [-0.4, -0.2) is 22.1 Å². The summed E-state index contributed by atoms with van der Waals surface area (Å²) >= 11 is 0. The molecule has 0 aliphatic rings. The molecule has 0 radical (unpaired) electrons. The van der Waals surface area contributed by atoms with Gasteiger partial charge in [0.2, 0.25) is 17.4 Å². The highest BCUT2D eigenvalue weighted by molar-refractivity contribution is 6.05. The maximum absolute atomic E-state index is 13.4. The number of hydrogen-bond acceptors (Lipinski definition) is 6. The van der Waals surface area contributed by atoms with E-state index in [9.17, 15) is 14.0 Å². The van der Waals surface area contributed by atoms with Crippen LogP contribution in [0.5, 0.6) is 0 Å². The summed E-state index contributed by atoms with van der Waals surface area (Å²) in [4.78, 5) is 22.7. The molecule has 0 spiro atoms. The topological polar surface area (TPSA) is 123 Å². The number of carbonyl (C=O) groups excluding carboxylic acids is 2. The van der Waals surface area contributed by atoms with Crippen molar-refractivity contribution < 1.29 is 18.6 Å². The van der Waals surface area contributed by atoms with Crippen LogP contribution in [0.2, 0.25) is 0 Å². The minimum Gasteiger partial charge on any atom is -0.379 e. The number of nitrogens with two attached hydrogens (primary N) is 1. The monoisotopic (exact) mass is 279 g/mol. The average Bonchev–Trinajstić information content (AvgIpc) is 2.79. The fraction of sp³-hybridized carbons (Fsp3) is 0.0909. The van der Waals surface area contributed by atoms with E-state index in [0.717, 1.165) is 6.07 Å². The summed E-state index contributed by atoms with van der Waals surface area (Å²) in [6.45, 7) is 1.24. The molecule has 2 rings (SSSR count). The Labute approximate surface area is 112 Å². The highest BCUT2D eigenvalue weighted by atomic mass is 19.1. The summed E-state index contributed by atoms with van der Waals surface area (Å²) in [5.74, 6) is -1.88. The number of nitrogen functional groups attached to an aromatic ring is 1. The first-order valence-electron chi connectivity index (χ1n) is 5.44. The smallest absolute Gasteiger partial charge is 0.281 e. The third-order valence-electron chi connectivity index (χ3n) is 2.26. The summed E-state index contributed by atoms with van der Waals surface area (Å²) < 4.78 is 17.7. The first kappa shape index (κ1) is 13.5. The molecule has 0 aliphatic heterocycles. The van der Waals surface area contributed by atoms with E-state index in [2.05, 4.69) is 25.6 Å². The van der Waals surface area contributed by atoms with Gasteiger partial charge in [-0.3, -0.25) is 9.59 Å². The number of nitrogens with one attached hydrogen (secondary N) is 2. The van der Waals surface area contributed by atoms with E-state index in [-0.39, 0.29) is 22.9 Å². The zero-order valence-corrected chi connectivity index (χ0v) is 10.3. The van der Waals surface area contributed by atoms with E-state index in [1.807, 2.05) is 0 Å². The maximum Gasteiger partial charge on any atom is 0.281 e. The van der Waals surface area contributed by atoms with Gasteiger partial charge < -0.3 is 16.4 Å². The Kier molecular flexibility index (Phi) is 3.60. The van der Waals surface area contributed by atoms with Crippen LogP contribution in [0, 0.1) is 5.82 Å².